The van der Waals surface area contributed by atoms with Gasteiger partial charge in [-0.25, -0.2) is 9.97 Å². The molecule has 4 heterocycles. The van der Waals surface area contributed by atoms with Crippen molar-refractivity contribution in [1.82, 2.24) is 19.1 Å². The van der Waals surface area contributed by atoms with Crippen molar-refractivity contribution in [3.05, 3.63) is 182 Å². The lowest BCUT2D eigenvalue weighted by atomic mass is 10.1. The number of furan rings is 1. The molecule has 5 heteroatoms. The van der Waals surface area contributed by atoms with E-state index in [0.29, 0.717) is 5.82 Å². The normalized spacial score (nSPS) is 12.0. The van der Waals surface area contributed by atoms with Crippen LogP contribution >= 0.6 is 0 Å². The standard InChI is InChI=1S/C50H30N4O/c1-3-14-31(15-4-1)47-39-22-7-10-23-40(39)51-50(52-47)32-16-13-19-34(30-32)53-42-28-26-37-35-20-8-11-24-41(35)54(33-17-5-2-6-18-33)48(37)45(42)46-43(53)29-27-38-36-21-9-12-25-44(36)55-49(38)46/h1-30H. The van der Waals surface area contributed by atoms with Crippen LogP contribution in [0.5, 0.6) is 0 Å². The van der Waals surface area contributed by atoms with E-state index in [1.165, 1.54) is 16.3 Å². The van der Waals surface area contributed by atoms with Gasteiger partial charge in [0.2, 0.25) is 0 Å². The van der Waals surface area contributed by atoms with Gasteiger partial charge in [-0.05, 0) is 60.7 Å². The highest BCUT2D eigenvalue weighted by molar-refractivity contribution is 6.32. The summed E-state index contributed by atoms with van der Waals surface area (Å²) in [5.74, 6) is 0.687. The Morgan fingerprint density at radius 1 is 0.400 bits per heavy atom. The molecule has 4 aromatic heterocycles. The molecule has 0 saturated carbocycles. The minimum atomic E-state index is 0.687. The fraction of sp³-hybridized carbons (Fsp3) is 0. The number of fused-ring (bicyclic) bond motifs is 12. The van der Waals surface area contributed by atoms with Gasteiger partial charge in [0.1, 0.15) is 11.2 Å². The van der Waals surface area contributed by atoms with Crippen molar-refractivity contribution in [1.29, 1.82) is 0 Å². The van der Waals surface area contributed by atoms with Crippen molar-refractivity contribution in [3.63, 3.8) is 0 Å². The summed E-state index contributed by atoms with van der Waals surface area (Å²) in [7, 11) is 0. The number of rotatable bonds is 4. The maximum Gasteiger partial charge on any atom is 0.160 e. The average molecular weight is 703 g/mol. The summed E-state index contributed by atoms with van der Waals surface area (Å²) in [5.41, 5.74) is 12.2. The Balaban J connectivity index is 1.20. The van der Waals surface area contributed by atoms with Gasteiger partial charge in [0.05, 0.1) is 38.7 Å². The van der Waals surface area contributed by atoms with Crippen LogP contribution in [0.25, 0.3) is 110 Å². The zero-order chi connectivity index (χ0) is 36.0. The predicted molar refractivity (Wildman–Crippen MR) is 226 cm³/mol. The third-order valence-electron chi connectivity index (χ3n) is 11.1. The Labute approximate surface area is 315 Å². The van der Waals surface area contributed by atoms with Crippen molar-refractivity contribution in [2.24, 2.45) is 0 Å². The quantitative estimate of drug-likeness (QED) is 0.183. The molecule has 0 bridgehead atoms. The molecule has 0 spiro atoms. The molecule has 0 aliphatic carbocycles. The summed E-state index contributed by atoms with van der Waals surface area (Å²) in [6.45, 7) is 0. The smallest absolute Gasteiger partial charge is 0.160 e. The SMILES string of the molecule is c1ccc(-c2nc(-c3cccc(-n4c5ccc6c7ccccc7oc6c5c5c4ccc4c6ccccc6n(-c6ccccc6)c45)c3)nc3ccccc23)cc1. The second-order valence-electron chi connectivity index (χ2n) is 14.1. The molecule has 0 N–H and O–H groups in total. The number of hydrogen-bond acceptors (Lipinski definition) is 3. The predicted octanol–water partition coefficient (Wildman–Crippen LogP) is 13.1. The van der Waals surface area contributed by atoms with Crippen LogP contribution in [0.2, 0.25) is 0 Å². The maximum atomic E-state index is 6.84. The molecule has 0 unspecified atom stereocenters. The first-order valence-electron chi connectivity index (χ1n) is 18.6. The highest BCUT2D eigenvalue weighted by Crippen LogP contribution is 2.46. The Morgan fingerprint density at radius 3 is 1.91 bits per heavy atom. The number of para-hydroxylation sites is 4. The van der Waals surface area contributed by atoms with Gasteiger partial charge >= 0.3 is 0 Å². The van der Waals surface area contributed by atoms with Crippen molar-refractivity contribution in [3.8, 4) is 34.0 Å². The van der Waals surface area contributed by atoms with Crippen LogP contribution < -0.4 is 0 Å². The summed E-state index contributed by atoms with van der Waals surface area (Å²) in [6.07, 6.45) is 0. The molecule has 0 saturated heterocycles. The molecule has 55 heavy (non-hydrogen) atoms. The Hall–Kier alpha value is -7.50. The topological polar surface area (TPSA) is 48.8 Å². The highest BCUT2D eigenvalue weighted by atomic mass is 16.3. The summed E-state index contributed by atoms with van der Waals surface area (Å²) in [6, 6.07) is 64.0. The molecular formula is C50H30N4O. The van der Waals surface area contributed by atoms with Crippen molar-refractivity contribution < 1.29 is 4.42 Å². The van der Waals surface area contributed by atoms with E-state index in [4.69, 9.17) is 14.4 Å². The largest absolute Gasteiger partial charge is 0.455 e. The summed E-state index contributed by atoms with van der Waals surface area (Å²) in [4.78, 5) is 10.3. The minimum Gasteiger partial charge on any atom is -0.455 e. The van der Waals surface area contributed by atoms with Gasteiger partial charge in [0.15, 0.2) is 5.82 Å². The van der Waals surface area contributed by atoms with E-state index in [0.717, 1.165) is 88.4 Å². The van der Waals surface area contributed by atoms with Gasteiger partial charge in [0.25, 0.3) is 0 Å². The molecule has 256 valence electrons. The Morgan fingerprint density at radius 2 is 1.05 bits per heavy atom. The number of hydrogen-bond donors (Lipinski definition) is 0. The lowest BCUT2D eigenvalue weighted by molar-refractivity contribution is 0.673. The van der Waals surface area contributed by atoms with Gasteiger partial charge in [-0.15, -0.1) is 0 Å². The van der Waals surface area contributed by atoms with Crippen LogP contribution in [0.15, 0.2) is 186 Å². The lowest BCUT2D eigenvalue weighted by Crippen LogP contribution is -1.98. The monoisotopic (exact) mass is 702 g/mol. The van der Waals surface area contributed by atoms with Crippen LogP contribution in [-0.4, -0.2) is 19.1 Å². The third kappa shape index (κ3) is 4.35. The zero-order valence-electron chi connectivity index (χ0n) is 29.5. The first-order valence-corrected chi connectivity index (χ1v) is 18.6. The minimum absolute atomic E-state index is 0.687. The van der Waals surface area contributed by atoms with E-state index < -0.39 is 0 Å². The van der Waals surface area contributed by atoms with Crippen molar-refractivity contribution >= 4 is 76.5 Å². The number of benzene rings is 8. The average Bonchev–Trinajstić information content (AvgIpc) is 3.92. The molecule has 12 aromatic rings. The van der Waals surface area contributed by atoms with E-state index in [2.05, 4.69) is 167 Å². The van der Waals surface area contributed by atoms with Crippen LogP contribution in [0, 0.1) is 0 Å². The van der Waals surface area contributed by atoms with Gasteiger partial charge in [0, 0.05) is 54.8 Å². The molecule has 0 aliphatic heterocycles. The first kappa shape index (κ1) is 30.0. The van der Waals surface area contributed by atoms with Crippen LogP contribution in [0.1, 0.15) is 0 Å². The van der Waals surface area contributed by atoms with Gasteiger partial charge in [-0.2, -0.15) is 0 Å². The second kappa shape index (κ2) is 11.5. The van der Waals surface area contributed by atoms with E-state index in [9.17, 15) is 0 Å². The van der Waals surface area contributed by atoms with E-state index in [1.807, 2.05) is 24.3 Å². The molecule has 5 nitrogen and oxygen atoms in total. The third-order valence-corrected chi connectivity index (χ3v) is 11.1. The van der Waals surface area contributed by atoms with Crippen LogP contribution in [-0.2, 0) is 0 Å². The van der Waals surface area contributed by atoms with Gasteiger partial charge in [-0.3, -0.25) is 0 Å². The molecule has 0 amide bonds. The molecule has 0 fully saturated rings. The van der Waals surface area contributed by atoms with Gasteiger partial charge < -0.3 is 13.6 Å². The molecular weight excluding hydrogens is 673 g/mol. The lowest BCUT2D eigenvalue weighted by Gasteiger charge is -2.12. The fourth-order valence-electron chi connectivity index (χ4n) is 8.75. The van der Waals surface area contributed by atoms with Crippen molar-refractivity contribution in [2.75, 3.05) is 0 Å². The van der Waals surface area contributed by atoms with Crippen molar-refractivity contribution in [2.45, 2.75) is 0 Å². The van der Waals surface area contributed by atoms with E-state index in [-0.39, 0.29) is 0 Å². The maximum absolute atomic E-state index is 6.84. The van der Waals surface area contributed by atoms with Gasteiger partial charge in [-0.1, -0.05) is 121 Å². The number of nitrogens with zero attached hydrogens (tertiary/aromatic N) is 4. The van der Waals surface area contributed by atoms with Crippen LogP contribution in [0.3, 0.4) is 0 Å². The Bertz CT molecular complexity index is 3480. The molecule has 0 aliphatic rings. The van der Waals surface area contributed by atoms with E-state index in [1.54, 1.807) is 0 Å². The molecule has 8 aromatic carbocycles. The molecule has 0 atom stereocenters. The summed E-state index contributed by atoms with van der Waals surface area (Å²) < 4.78 is 11.6. The zero-order valence-corrected chi connectivity index (χ0v) is 29.5. The number of aromatic nitrogens is 4. The fourth-order valence-corrected chi connectivity index (χ4v) is 8.75. The summed E-state index contributed by atoms with van der Waals surface area (Å²) in [5, 5.41) is 7.90. The highest BCUT2D eigenvalue weighted by Gasteiger charge is 2.24. The summed E-state index contributed by atoms with van der Waals surface area (Å²) >= 11 is 0. The first-order chi connectivity index (χ1) is 27.3. The molecule has 12 rings (SSSR count). The van der Waals surface area contributed by atoms with E-state index >= 15 is 0 Å². The second-order valence-corrected chi connectivity index (χ2v) is 14.1. The Kier molecular flexibility index (Phi) is 6.27. The molecule has 0 radical (unpaired) electrons. The van der Waals surface area contributed by atoms with Crippen LogP contribution in [0.4, 0.5) is 0 Å².